The number of rotatable bonds is 6. The summed E-state index contributed by atoms with van der Waals surface area (Å²) in [6, 6.07) is 21.4. The van der Waals surface area contributed by atoms with Gasteiger partial charge in [0.15, 0.2) is 0 Å². The Hall–Kier alpha value is -4.06. The summed E-state index contributed by atoms with van der Waals surface area (Å²) in [6.45, 7) is 0.663. The number of aromatic amines is 1. The minimum absolute atomic E-state index is 0.0243. The Balaban J connectivity index is 1.20. The maximum atomic E-state index is 12.3. The van der Waals surface area contributed by atoms with Crippen LogP contribution in [0.4, 0.5) is 4.79 Å². The molecule has 1 aliphatic carbocycles. The molecule has 0 saturated heterocycles. The molecule has 160 valence electrons. The van der Waals surface area contributed by atoms with Crippen LogP contribution in [0, 0.1) is 0 Å². The zero-order valence-electron chi connectivity index (χ0n) is 17.3. The van der Waals surface area contributed by atoms with E-state index in [1.165, 1.54) is 22.3 Å². The number of ether oxygens (including phenoxy) is 1. The Morgan fingerprint density at radius 3 is 2.34 bits per heavy atom. The van der Waals surface area contributed by atoms with E-state index in [1.807, 2.05) is 30.5 Å². The number of nitrogens with one attached hydrogen (secondary N) is 2. The highest BCUT2D eigenvalue weighted by Gasteiger charge is 2.28. The van der Waals surface area contributed by atoms with Gasteiger partial charge in [-0.05, 0) is 52.4 Å². The van der Waals surface area contributed by atoms with E-state index in [4.69, 9.17) is 4.74 Å². The molecule has 0 saturated carbocycles. The number of aromatic carboxylic acids is 1. The van der Waals surface area contributed by atoms with Gasteiger partial charge in [0.05, 0.1) is 5.56 Å². The zero-order valence-corrected chi connectivity index (χ0v) is 17.3. The van der Waals surface area contributed by atoms with Crippen molar-refractivity contribution in [2.75, 3.05) is 13.2 Å². The maximum Gasteiger partial charge on any atom is 0.407 e. The standard InChI is InChI=1S/C26H22N2O4/c29-25(30)16-9-10-24-22(13-16)17(14-28-24)11-12-27-26(31)32-15-23-20-7-3-1-5-18(20)19-6-2-4-8-21(19)23/h1-10,13-14,23,28H,11-12,15H2,(H,27,31)(H,29,30). The molecule has 1 amide bonds. The number of aromatic nitrogens is 1. The number of hydrogen-bond donors (Lipinski definition) is 3. The quantitative estimate of drug-likeness (QED) is 0.407. The summed E-state index contributed by atoms with van der Waals surface area (Å²) < 4.78 is 5.56. The zero-order chi connectivity index (χ0) is 22.1. The molecular weight excluding hydrogens is 404 g/mol. The fourth-order valence-electron chi connectivity index (χ4n) is 4.47. The number of fused-ring (bicyclic) bond motifs is 4. The first-order chi connectivity index (χ1) is 15.6. The van der Waals surface area contributed by atoms with Gasteiger partial charge < -0.3 is 20.1 Å². The molecule has 5 rings (SSSR count). The van der Waals surface area contributed by atoms with Gasteiger partial charge in [-0.2, -0.15) is 0 Å². The highest BCUT2D eigenvalue weighted by Crippen LogP contribution is 2.44. The van der Waals surface area contributed by atoms with Crippen LogP contribution in [0.5, 0.6) is 0 Å². The second kappa shape index (κ2) is 8.23. The smallest absolute Gasteiger partial charge is 0.407 e. The van der Waals surface area contributed by atoms with Crippen molar-refractivity contribution in [2.24, 2.45) is 0 Å². The van der Waals surface area contributed by atoms with E-state index in [0.29, 0.717) is 13.0 Å². The fourth-order valence-corrected chi connectivity index (χ4v) is 4.47. The monoisotopic (exact) mass is 426 g/mol. The van der Waals surface area contributed by atoms with Gasteiger partial charge in [0.2, 0.25) is 0 Å². The van der Waals surface area contributed by atoms with Crippen LogP contribution in [-0.2, 0) is 11.2 Å². The molecule has 32 heavy (non-hydrogen) atoms. The number of amides is 1. The van der Waals surface area contributed by atoms with Crippen molar-refractivity contribution < 1.29 is 19.4 Å². The second-order valence-corrected chi connectivity index (χ2v) is 7.88. The van der Waals surface area contributed by atoms with E-state index < -0.39 is 12.1 Å². The van der Waals surface area contributed by atoms with Crippen LogP contribution in [0.1, 0.15) is 33.0 Å². The average Bonchev–Trinajstić information content (AvgIpc) is 3.36. The van der Waals surface area contributed by atoms with Gasteiger partial charge in [-0.25, -0.2) is 9.59 Å². The van der Waals surface area contributed by atoms with Crippen LogP contribution < -0.4 is 5.32 Å². The van der Waals surface area contributed by atoms with E-state index >= 15 is 0 Å². The first kappa shape index (κ1) is 19.9. The number of carboxylic acid groups (broad SMARTS) is 1. The van der Waals surface area contributed by atoms with E-state index in [9.17, 15) is 14.7 Å². The van der Waals surface area contributed by atoms with Gasteiger partial charge in [0.25, 0.3) is 0 Å². The van der Waals surface area contributed by atoms with Crippen molar-refractivity contribution in [3.05, 3.63) is 95.2 Å². The lowest BCUT2D eigenvalue weighted by atomic mass is 9.98. The number of H-pyrrole nitrogens is 1. The van der Waals surface area contributed by atoms with Gasteiger partial charge in [-0.15, -0.1) is 0 Å². The number of alkyl carbamates (subject to hydrolysis) is 1. The first-order valence-corrected chi connectivity index (χ1v) is 10.5. The third kappa shape index (κ3) is 3.60. The summed E-state index contributed by atoms with van der Waals surface area (Å²) in [5.41, 5.74) is 6.79. The Morgan fingerprint density at radius 1 is 0.969 bits per heavy atom. The Bertz CT molecular complexity index is 1280. The molecule has 1 heterocycles. The summed E-state index contributed by atoms with van der Waals surface area (Å²) in [4.78, 5) is 26.7. The molecule has 0 unspecified atom stereocenters. The predicted octanol–water partition coefficient (Wildman–Crippen LogP) is 4.95. The predicted molar refractivity (Wildman–Crippen MR) is 122 cm³/mol. The van der Waals surface area contributed by atoms with Crippen LogP contribution in [0.25, 0.3) is 22.0 Å². The van der Waals surface area contributed by atoms with Gasteiger partial charge in [0.1, 0.15) is 6.61 Å². The van der Waals surface area contributed by atoms with Gasteiger partial charge >= 0.3 is 12.1 Å². The third-order valence-electron chi connectivity index (χ3n) is 6.02. The molecule has 4 aromatic rings. The lowest BCUT2D eigenvalue weighted by Gasteiger charge is -2.14. The molecule has 0 radical (unpaired) electrons. The van der Waals surface area contributed by atoms with Crippen molar-refractivity contribution in [3.63, 3.8) is 0 Å². The molecule has 0 spiro atoms. The molecule has 0 aliphatic heterocycles. The Kier molecular flexibility index (Phi) is 5.11. The lowest BCUT2D eigenvalue weighted by Crippen LogP contribution is -2.28. The van der Waals surface area contributed by atoms with Crippen molar-refractivity contribution >= 4 is 23.0 Å². The Morgan fingerprint density at radius 2 is 1.66 bits per heavy atom. The van der Waals surface area contributed by atoms with E-state index in [-0.39, 0.29) is 18.1 Å². The number of carboxylic acids is 1. The maximum absolute atomic E-state index is 12.3. The van der Waals surface area contributed by atoms with Crippen LogP contribution in [0.15, 0.2) is 72.9 Å². The van der Waals surface area contributed by atoms with Crippen LogP contribution in [0.2, 0.25) is 0 Å². The molecular formula is C26H22N2O4. The van der Waals surface area contributed by atoms with Crippen molar-refractivity contribution in [3.8, 4) is 11.1 Å². The summed E-state index contributed by atoms with van der Waals surface area (Å²) in [7, 11) is 0. The van der Waals surface area contributed by atoms with Gasteiger partial charge in [0, 0.05) is 29.6 Å². The summed E-state index contributed by atoms with van der Waals surface area (Å²) in [6.07, 6.45) is 1.95. The molecule has 1 aromatic heterocycles. The number of carbonyl (C=O) groups is 2. The lowest BCUT2D eigenvalue weighted by molar-refractivity contribution is 0.0697. The minimum atomic E-state index is -0.962. The molecule has 1 aliphatic rings. The fraction of sp³-hybridized carbons (Fsp3) is 0.154. The number of benzene rings is 3. The van der Waals surface area contributed by atoms with E-state index in [2.05, 4.69) is 34.6 Å². The van der Waals surface area contributed by atoms with Crippen LogP contribution in [-0.4, -0.2) is 35.3 Å². The highest BCUT2D eigenvalue weighted by molar-refractivity contribution is 5.94. The molecule has 3 N–H and O–H groups in total. The van der Waals surface area contributed by atoms with Gasteiger partial charge in [-0.1, -0.05) is 48.5 Å². The summed E-state index contributed by atoms with van der Waals surface area (Å²) in [5, 5.41) is 12.9. The SMILES string of the molecule is O=C(NCCc1c[nH]c2ccc(C(=O)O)cc12)OCC1c2ccccc2-c2ccccc21. The van der Waals surface area contributed by atoms with Crippen LogP contribution >= 0.6 is 0 Å². The largest absolute Gasteiger partial charge is 0.478 e. The number of carbonyl (C=O) groups excluding carboxylic acids is 1. The molecule has 0 fully saturated rings. The minimum Gasteiger partial charge on any atom is -0.478 e. The van der Waals surface area contributed by atoms with E-state index in [0.717, 1.165) is 16.5 Å². The molecule has 0 bridgehead atoms. The summed E-state index contributed by atoms with van der Waals surface area (Å²) >= 11 is 0. The average molecular weight is 426 g/mol. The van der Waals surface area contributed by atoms with Gasteiger partial charge in [-0.3, -0.25) is 0 Å². The first-order valence-electron chi connectivity index (χ1n) is 10.5. The van der Waals surface area contributed by atoms with Crippen molar-refractivity contribution in [1.29, 1.82) is 0 Å². The third-order valence-corrected chi connectivity index (χ3v) is 6.02. The topological polar surface area (TPSA) is 91.4 Å². The Labute approximate surface area is 184 Å². The molecule has 3 aromatic carbocycles. The molecule has 6 heteroatoms. The van der Waals surface area contributed by atoms with Crippen molar-refractivity contribution in [2.45, 2.75) is 12.3 Å². The second-order valence-electron chi connectivity index (χ2n) is 7.88. The number of hydrogen-bond acceptors (Lipinski definition) is 3. The molecule has 0 atom stereocenters. The summed E-state index contributed by atoms with van der Waals surface area (Å²) in [5.74, 6) is -0.938. The van der Waals surface area contributed by atoms with Crippen molar-refractivity contribution in [1.82, 2.24) is 10.3 Å². The van der Waals surface area contributed by atoms with E-state index in [1.54, 1.807) is 18.2 Å². The normalized spacial score (nSPS) is 12.4. The van der Waals surface area contributed by atoms with Crippen LogP contribution in [0.3, 0.4) is 0 Å². The molecule has 6 nitrogen and oxygen atoms in total. The highest BCUT2D eigenvalue weighted by atomic mass is 16.5.